The van der Waals surface area contributed by atoms with Crippen molar-refractivity contribution in [3.05, 3.63) is 35.4 Å². The van der Waals surface area contributed by atoms with Crippen molar-refractivity contribution in [2.24, 2.45) is 0 Å². The SMILES string of the molecule is C=C1C=C(C(F)F)N/C(=C(/C)C=N)N1. The number of rotatable bonds is 2. The molecule has 3 N–H and O–H groups in total. The molecule has 0 spiro atoms. The van der Waals surface area contributed by atoms with Gasteiger partial charge in [-0.05, 0) is 13.0 Å². The van der Waals surface area contributed by atoms with E-state index in [0.717, 1.165) is 6.21 Å². The lowest BCUT2D eigenvalue weighted by molar-refractivity contribution is 0.181. The van der Waals surface area contributed by atoms with Gasteiger partial charge >= 0.3 is 0 Å². The Labute approximate surface area is 80.7 Å². The van der Waals surface area contributed by atoms with Crippen LogP contribution in [0.25, 0.3) is 0 Å². The summed E-state index contributed by atoms with van der Waals surface area (Å²) < 4.78 is 24.7. The number of alkyl halides is 2. The van der Waals surface area contributed by atoms with E-state index in [0.29, 0.717) is 17.1 Å². The normalized spacial score (nSPS) is 19.7. The Bertz CT molecular complexity index is 329. The number of halogens is 2. The van der Waals surface area contributed by atoms with E-state index >= 15 is 0 Å². The maximum Gasteiger partial charge on any atom is 0.278 e. The third-order valence-corrected chi connectivity index (χ3v) is 1.73. The molecule has 14 heavy (non-hydrogen) atoms. The minimum Gasteiger partial charge on any atom is -0.342 e. The summed E-state index contributed by atoms with van der Waals surface area (Å²) in [7, 11) is 0. The molecule has 1 aliphatic rings. The molecule has 0 aliphatic carbocycles. The standard InChI is InChI=1S/C9H11F2N3/c1-5(4-12)9-13-6(2)3-7(14-9)8(10)11/h3-4,8,12-14H,2H2,1H3/b9-5-,12-4?. The van der Waals surface area contributed by atoms with Gasteiger partial charge in [-0.1, -0.05) is 6.58 Å². The van der Waals surface area contributed by atoms with Gasteiger partial charge in [-0.25, -0.2) is 8.78 Å². The summed E-state index contributed by atoms with van der Waals surface area (Å²) in [6.45, 7) is 5.19. The molecule has 1 rings (SSSR count). The molecule has 3 nitrogen and oxygen atoms in total. The minimum absolute atomic E-state index is 0.204. The van der Waals surface area contributed by atoms with Crippen LogP contribution in [0.4, 0.5) is 8.78 Å². The fourth-order valence-electron chi connectivity index (χ4n) is 0.983. The van der Waals surface area contributed by atoms with Crippen LogP contribution in [0.15, 0.2) is 35.4 Å². The quantitative estimate of drug-likeness (QED) is 0.593. The molecule has 5 heteroatoms. The molecule has 0 saturated heterocycles. The molecule has 0 fully saturated rings. The van der Waals surface area contributed by atoms with E-state index in [9.17, 15) is 8.78 Å². The summed E-state index contributed by atoms with van der Waals surface area (Å²) in [5.41, 5.74) is 0.720. The number of nitrogens with one attached hydrogen (secondary N) is 3. The molecule has 0 unspecified atom stereocenters. The largest absolute Gasteiger partial charge is 0.342 e. The van der Waals surface area contributed by atoms with Gasteiger partial charge in [-0.3, -0.25) is 0 Å². The van der Waals surface area contributed by atoms with Crippen molar-refractivity contribution in [3.63, 3.8) is 0 Å². The van der Waals surface area contributed by atoms with Gasteiger partial charge in [0.25, 0.3) is 6.43 Å². The summed E-state index contributed by atoms with van der Waals surface area (Å²) in [5, 5.41) is 12.3. The van der Waals surface area contributed by atoms with Crippen LogP contribution in [0.3, 0.4) is 0 Å². The zero-order valence-corrected chi connectivity index (χ0v) is 7.70. The zero-order valence-electron chi connectivity index (χ0n) is 7.70. The topological polar surface area (TPSA) is 47.9 Å². The van der Waals surface area contributed by atoms with Crippen molar-refractivity contribution in [1.82, 2.24) is 10.6 Å². The molecule has 76 valence electrons. The van der Waals surface area contributed by atoms with Crippen molar-refractivity contribution in [3.8, 4) is 0 Å². The first-order valence-corrected chi connectivity index (χ1v) is 3.98. The molecule has 0 aromatic heterocycles. The molecule has 0 saturated carbocycles. The fraction of sp³-hybridized carbons (Fsp3) is 0.222. The monoisotopic (exact) mass is 199 g/mol. The van der Waals surface area contributed by atoms with Crippen LogP contribution >= 0.6 is 0 Å². The zero-order chi connectivity index (χ0) is 10.7. The van der Waals surface area contributed by atoms with Crippen LogP contribution in [-0.4, -0.2) is 12.6 Å². The number of hydrogen-bond donors (Lipinski definition) is 3. The van der Waals surface area contributed by atoms with Crippen LogP contribution in [0, 0.1) is 5.41 Å². The Balaban J connectivity index is 2.97. The van der Waals surface area contributed by atoms with E-state index in [1.165, 1.54) is 6.08 Å². The smallest absolute Gasteiger partial charge is 0.278 e. The molecule has 1 aliphatic heterocycles. The first-order chi connectivity index (χ1) is 6.54. The Hall–Kier alpha value is -1.65. The predicted molar refractivity (Wildman–Crippen MR) is 51.0 cm³/mol. The Morgan fingerprint density at radius 2 is 2.21 bits per heavy atom. The molecule has 1 heterocycles. The van der Waals surface area contributed by atoms with Gasteiger partial charge in [0.05, 0.1) is 5.70 Å². The van der Waals surface area contributed by atoms with Crippen LogP contribution in [0.2, 0.25) is 0 Å². The lowest BCUT2D eigenvalue weighted by Gasteiger charge is -2.22. The first-order valence-electron chi connectivity index (χ1n) is 3.98. The van der Waals surface area contributed by atoms with Gasteiger partial charge in [0.15, 0.2) is 0 Å². The van der Waals surface area contributed by atoms with Gasteiger partial charge in [0.1, 0.15) is 5.82 Å². The first kappa shape index (κ1) is 10.4. The van der Waals surface area contributed by atoms with E-state index in [4.69, 9.17) is 5.41 Å². The highest BCUT2D eigenvalue weighted by Gasteiger charge is 2.17. The lowest BCUT2D eigenvalue weighted by atomic mass is 10.2. The maximum atomic E-state index is 12.4. The highest BCUT2D eigenvalue weighted by molar-refractivity contribution is 5.76. The Morgan fingerprint density at radius 3 is 2.71 bits per heavy atom. The number of hydrogen-bond acceptors (Lipinski definition) is 3. The van der Waals surface area contributed by atoms with Crippen molar-refractivity contribution in [1.29, 1.82) is 5.41 Å². The highest BCUT2D eigenvalue weighted by Crippen LogP contribution is 2.14. The van der Waals surface area contributed by atoms with Crippen molar-refractivity contribution < 1.29 is 8.78 Å². The van der Waals surface area contributed by atoms with Gasteiger partial charge < -0.3 is 16.0 Å². The second-order valence-electron chi connectivity index (χ2n) is 2.88. The molecule has 0 aromatic carbocycles. The molecule has 0 bridgehead atoms. The summed E-state index contributed by atoms with van der Waals surface area (Å²) in [4.78, 5) is 0. The number of allylic oxidation sites excluding steroid dienone is 3. The van der Waals surface area contributed by atoms with E-state index in [1.807, 2.05) is 0 Å². The second-order valence-corrected chi connectivity index (χ2v) is 2.88. The predicted octanol–water partition coefficient (Wildman–Crippen LogP) is 1.72. The summed E-state index contributed by atoms with van der Waals surface area (Å²) in [6.07, 6.45) is -0.245. The van der Waals surface area contributed by atoms with Crippen molar-refractivity contribution >= 4 is 6.21 Å². The van der Waals surface area contributed by atoms with Gasteiger partial charge in [-0.15, -0.1) is 0 Å². The molecule has 0 amide bonds. The Kier molecular flexibility index (Phi) is 3.01. The van der Waals surface area contributed by atoms with Crippen LogP contribution in [-0.2, 0) is 0 Å². The average Bonchev–Trinajstić information content (AvgIpc) is 2.15. The summed E-state index contributed by atoms with van der Waals surface area (Å²) in [5.74, 6) is 0.378. The third kappa shape index (κ3) is 2.18. The average molecular weight is 199 g/mol. The van der Waals surface area contributed by atoms with E-state index < -0.39 is 6.43 Å². The van der Waals surface area contributed by atoms with E-state index in [2.05, 4.69) is 17.2 Å². The fourth-order valence-corrected chi connectivity index (χ4v) is 0.983. The third-order valence-electron chi connectivity index (χ3n) is 1.73. The minimum atomic E-state index is -2.57. The molecule has 0 atom stereocenters. The molecular weight excluding hydrogens is 188 g/mol. The Morgan fingerprint density at radius 1 is 1.57 bits per heavy atom. The van der Waals surface area contributed by atoms with Gasteiger partial charge in [-0.2, -0.15) is 0 Å². The second kappa shape index (κ2) is 4.04. The molecule has 0 radical (unpaired) electrons. The van der Waals surface area contributed by atoms with Gasteiger partial charge in [0.2, 0.25) is 0 Å². The van der Waals surface area contributed by atoms with E-state index in [1.54, 1.807) is 6.92 Å². The van der Waals surface area contributed by atoms with Crippen LogP contribution < -0.4 is 10.6 Å². The maximum absolute atomic E-state index is 12.4. The lowest BCUT2D eigenvalue weighted by Crippen LogP contribution is -2.33. The van der Waals surface area contributed by atoms with E-state index in [-0.39, 0.29) is 5.70 Å². The summed E-state index contributed by atoms with van der Waals surface area (Å²) >= 11 is 0. The van der Waals surface area contributed by atoms with Crippen LogP contribution in [0.5, 0.6) is 0 Å². The highest BCUT2D eigenvalue weighted by atomic mass is 19.3. The van der Waals surface area contributed by atoms with Crippen LogP contribution in [0.1, 0.15) is 6.92 Å². The van der Waals surface area contributed by atoms with Crippen molar-refractivity contribution in [2.45, 2.75) is 13.3 Å². The van der Waals surface area contributed by atoms with Gasteiger partial charge in [0, 0.05) is 17.5 Å². The van der Waals surface area contributed by atoms with Crippen molar-refractivity contribution in [2.75, 3.05) is 0 Å². The molecule has 0 aromatic rings. The summed E-state index contributed by atoms with van der Waals surface area (Å²) in [6, 6.07) is 0. The molecular formula is C9H11F2N3.